The standard InChI is InChI=1S/C15H19BrO3/c1-14(2)9-6-7-15(14,3)11(8-9)19-13(17)10-4-5-12(16)18-10/h4-5,9,11H,6-8H2,1-3H3. The highest BCUT2D eigenvalue weighted by Crippen LogP contribution is 2.66. The van der Waals surface area contributed by atoms with Gasteiger partial charge in [-0.25, -0.2) is 4.79 Å². The van der Waals surface area contributed by atoms with Crippen LogP contribution in [0.5, 0.6) is 0 Å². The highest BCUT2D eigenvalue weighted by molar-refractivity contribution is 9.10. The molecule has 0 aliphatic heterocycles. The molecule has 19 heavy (non-hydrogen) atoms. The van der Waals surface area contributed by atoms with Crippen LogP contribution in [0.25, 0.3) is 0 Å². The van der Waals surface area contributed by atoms with Crippen LogP contribution in [-0.4, -0.2) is 12.1 Å². The number of fused-ring (bicyclic) bond motifs is 2. The molecule has 1 aromatic rings. The van der Waals surface area contributed by atoms with Crippen molar-refractivity contribution in [2.45, 2.75) is 46.1 Å². The zero-order valence-electron chi connectivity index (χ0n) is 11.5. The van der Waals surface area contributed by atoms with Crippen molar-refractivity contribution < 1.29 is 13.9 Å². The number of esters is 1. The topological polar surface area (TPSA) is 39.4 Å². The van der Waals surface area contributed by atoms with E-state index in [1.165, 1.54) is 6.42 Å². The highest BCUT2D eigenvalue weighted by Gasteiger charge is 2.62. The number of rotatable bonds is 2. The molecule has 0 radical (unpaired) electrons. The Labute approximate surface area is 121 Å². The molecule has 1 heterocycles. The van der Waals surface area contributed by atoms with E-state index in [9.17, 15) is 4.79 Å². The van der Waals surface area contributed by atoms with E-state index in [4.69, 9.17) is 9.15 Å². The Morgan fingerprint density at radius 1 is 1.42 bits per heavy atom. The molecule has 2 aliphatic carbocycles. The lowest BCUT2D eigenvalue weighted by atomic mass is 9.70. The van der Waals surface area contributed by atoms with Gasteiger partial charge in [0.05, 0.1) is 0 Å². The van der Waals surface area contributed by atoms with E-state index in [0.29, 0.717) is 10.6 Å². The molecule has 0 amide bonds. The van der Waals surface area contributed by atoms with Gasteiger partial charge in [-0.3, -0.25) is 0 Å². The third-order valence-electron chi connectivity index (χ3n) is 5.74. The van der Waals surface area contributed by atoms with E-state index in [-0.39, 0.29) is 28.7 Å². The van der Waals surface area contributed by atoms with Crippen LogP contribution < -0.4 is 0 Å². The van der Waals surface area contributed by atoms with Gasteiger partial charge in [0.2, 0.25) is 5.76 Å². The fourth-order valence-corrected chi connectivity index (χ4v) is 4.23. The minimum atomic E-state index is -0.347. The van der Waals surface area contributed by atoms with Gasteiger partial charge in [0, 0.05) is 5.41 Å². The Morgan fingerprint density at radius 2 is 2.16 bits per heavy atom. The van der Waals surface area contributed by atoms with Crippen molar-refractivity contribution in [1.82, 2.24) is 0 Å². The minimum Gasteiger partial charge on any atom is -0.456 e. The summed E-state index contributed by atoms with van der Waals surface area (Å²) >= 11 is 3.20. The van der Waals surface area contributed by atoms with Gasteiger partial charge in [0.15, 0.2) is 4.67 Å². The first kappa shape index (κ1) is 13.2. The number of ether oxygens (including phenoxy) is 1. The van der Waals surface area contributed by atoms with Crippen molar-refractivity contribution in [1.29, 1.82) is 0 Å². The molecule has 3 atom stereocenters. The average Bonchev–Trinajstić information content (AvgIpc) is 2.91. The zero-order chi connectivity index (χ0) is 13.8. The van der Waals surface area contributed by atoms with Gasteiger partial charge < -0.3 is 9.15 Å². The maximum atomic E-state index is 12.1. The predicted molar refractivity (Wildman–Crippen MR) is 74.8 cm³/mol. The number of carbonyl (C=O) groups is 1. The summed E-state index contributed by atoms with van der Waals surface area (Å²) in [6.45, 7) is 6.87. The van der Waals surface area contributed by atoms with Crippen molar-refractivity contribution in [3.8, 4) is 0 Å². The predicted octanol–water partition coefficient (Wildman–Crippen LogP) is 4.41. The lowest BCUT2D eigenvalue weighted by Crippen LogP contribution is -2.38. The summed E-state index contributed by atoms with van der Waals surface area (Å²) in [5, 5.41) is 0. The second-order valence-electron chi connectivity index (χ2n) is 6.61. The number of hydrogen-bond acceptors (Lipinski definition) is 3. The van der Waals surface area contributed by atoms with Gasteiger partial charge in [0.1, 0.15) is 6.10 Å². The van der Waals surface area contributed by atoms with E-state index >= 15 is 0 Å². The first-order valence-corrected chi connectivity index (χ1v) is 7.60. The normalized spacial score (nSPS) is 35.6. The number of furan rings is 1. The van der Waals surface area contributed by atoms with Crippen LogP contribution in [0.2, 0.25) is 0 Å². The molecule has 3 unspecified atom stereocenters. The molecule has 2 bridgehead atoms. The molecule has 1 aromatic heterocycles. The van der Waals surface area contributed by atoms with E-state index in [1.54, 1.807) is 12.1 Å². The summed E-state index contributed by atoms with van der Waals surface area (Å²) in [5.74, 6) is 0.593. The average molecular weight is 327 g/mol. The summed E-state index contributed by atoms with van der Waals surface area (Å²) in [6, 6.07) is 3.36. The monoisotopic (exact) mass is 326 g/mol. The molecule has 104 valence electrons. The fourth-order valence-electron chi connectivity index (χ4n) is 3.92. The van der Waals surface area contributed by atoms with Crippen LogP contribution in [0, 0.1) is 16.7 Å². The Bertz CT molecular complexity index is 519. The molecule has 4 heteroatoms. The smallest absolute Gasteiger partial charge is 0.374 e. The lowest BCUT2D eigenvalue weighted by molar-refractivity contribution is -0.0265. The number of carbonyl (C=O) groups excluding carboxylic acids is 1. The molecule has 0 saturated heterocycles. The van der Waals surface area contributed by atoms with Gasteiger partial charge in [-0.15, -0.1) is 0 Å². The van der Waals surface area contributed by atoms with Crippen LogP contribution >= 0.6 is 15.9 Å². The van der Waals surface area contributed by atoms with E-state index in [1.807, 2.05) is 0 Å². The Balaban J connectivity index is 1.77. The first-order chi connectivity index (χ1) is 8.84. The maximum absolute atomic E-state index is 12.1. The summed E-state index contributed by atoms with van der Waals surface area (Å²) in [4.78, 5) is 12.1. The zero-order valence-corrected chi connectivity index (χ0v) is 13.1. The van der Waals surface area contributed by atoms with Crippen molar-refractivity contribution >= 4 is 21.9 Å². The third-order valence-corrected chi connectivity index (χ3v) is 6.16. The lowest BCUT2D eigenvalue weighted by Gasteiger charge is -2.38. The van der Waals surface area contributed by atoms with Gasteiger partial charge in [-0.05, 0) is 58.7 Å². The van der Waals surface area contributed by atoms with Crippen molar-refractivity contribution in [3.05, 3.63) is 22.6 Å². The molecule has 2 aliphatic rings. The van der Waals surface area contributed by atoms with Gasteiger partial charge >= 0.3 is 5.97 Å². The molecule has 2 fully saturated rings. The van der Waals surface area contributed by atoms with Crippen molar-refractivity contribution in [2.24, 2.45) is 16.7 Å². The molecular formula is C15H19BrO3. The van der Waals surface area contributed by atoms with Crippen molar-refractivity contribution in [2.75, 3.05) is 0 Å². The third kappa shape index (κ3) is 1.79. The Morgan fingerprint density at radius 3 is 2.63 bits per heavy atom. The number of halogens is 1. The minimum absolute atomic E-state index is 0.0117. The van der Waals surface area contributed by atoms with E-state index < -0.39 is 0 Å². The number of hydrogen-bond donors (Lipinski definition) is 0. The first-order valence-electron chi connectivity index (χ1n) is 6.81. The van der Waals surface area contributed by atoms with Crippen molar-refractivity contribution in [3.63, 3.8) is 0 Å². The van der Waals surface area contributed by atoms with Crippen LogP contribution in [0.15, 0.2) is 21.2 Å². The largest absolute Gasteiger partial charge is 0.456 e. The quantitative estimate of drug-likeness (QED) is 0.755. The van der Waals surface area contributed by atoms with Gasteiger partial charge in [-0.2, -0.15) is 0 Å². The molecule has 3 rings (SSSR count). The second kappa shape index (κ2) is 4.11. The molecular weight excluding hydrogens is 308 g/mol. The summed E-state index contributed by atoms with van der Waals surface area (Å²) in [7, 11) is 0. The summed E-state index contributed by atoms with van der Waals surface area (Å²) in [6.07, 6.45) is 3.39. The highest BCUT2D eigenvalue weighted by atomic mass is 79.9. The van der Waals surface area contributed by atoms with Crippen LogP contribution in [-0.2, 0) is 4.74 Å². The van der Waals surface area contributed by atoms with Crippen LogP contribution in [0.1, 0.15) is 50.6 Å². The van der Waals surface area contributed by atoms with E-state index in [0.717, 1.165) is 12.8 Å². The second-order valence-corrected chi connectivity index (χ2v) is 7.39. The Kier molecular flexibility index (Phi) is 2.86. The van der Waals surface area contributed by atoms with E-state index in [2.05, 4.69) is 36.7 Å². The van der Waals surface area contributed by atoms with Gasteiger partial charge in [0.25, 0.3) is 0 Å². The molecule has 2 saturated carbocycles. The van der Waals surface area contributed by atoms with Crippen LogP contribution in [0.3, 0.4) is 0 Å². The Hall–Kier alpha value is -0.770. The molecule has 0 spiro atoms. The summed E-state index contributed by atoms with van der Waals surface area (Å²) in [5.41, 5.74) is 0.346. The maximum Gasteiger partial charge on any atom is 0.374 e. The SMILES string of the molecule is CC1(C)C2CCC1(C)C(OC(=O)c1ccc(Br)o1)C2. The molecule has 3 nitrogen and oxygen atoms in total. The molecule has 0 aromatic carbocycles. The van der Waals surface area contributed by atoms with Crippen LogP contribution in [0.4, 0.5) is 0 Å². The van der Waals surface area contributed by atoms with Gasteiger partial charge in [-0.1, -0.05) is 20.8 Å². The molecule has 0 N–H and O–H groups in total. The fraction of sp³-hybridized carbons (Fsp3) is 0.667. The summed E-state index contributed by atoms with van der Waals surface area (Å²) < 4.78 is 11.5.